The Bertz CT molecular complexity index is 723. The van der Waals surface area contributed by atoms with Crippen molar-refractivity contribution in [2.75, 3.05) is 0 Å². The minimum atomic E-state index is -1.60. The van der Waals surface area contributed by atoms with Gasteiger partial charge in [0, 0.05) is 16.1 Å². The lowest BCUT2D eigenvalue weighted by Gasteiger charge is -2.27. The summed E-state index contributed by atoms with van der Waals surface area (Å²) in [6.45, 7) is 3.51. The molecule has 0 unspecified atom stereocenters. The molecular formula is C17H15ClF3NO. The second-order valence-electron chi connectivity index (χ2n) is 5.86. The van der Waals surface area contributed by atoms with Crippen LogP contribution < -0.4 is 5.32 Å². The van der Waals surface area contributed by atoms with Crippen LogP contribution in [0.3, 0.4) is 0 Å². The van der Waals surface area contributed by atoms with Crippen LogP contribution in [0, 0.1) is 17.5 Å². The van der Waals surface area contributed by atoms with Crippen LogP contribution in [0.5, 0.6) is 0 Å². The van der Waals surface area contributed by atoms with Crippen LogP contribution >= 0.6 is 11.6 Å². The van der Waals surface area contributed by atoms with Crippen molar-refractivity contribution in [1.29, 1.82) is 0 Å². The molecule has 122 valence electrons. The molecule has 0 atom stereocenters. The summed E-state index contributed by atoms with van der Waals surface area (Å²) in [6, 6.07) is 8.51. The monoisotopic (exact) mass is 341 g/mol. The van der Waals surface area contributed by atoms with Gasteiger partial charge >= 0.3 is 0 Å². The van der Waals surface area contributed by atoms with Crippen molar-refractivity contribution in [2.24, 2.45) is 0 Å². The largest absolute Gasteiger partial charge is 0.347 e. The molecule has 0 saturated carbocycles. The zero-order chi connectivity index (χ0) is 17.2. The Balaban J connectivity index is 2.17. The lowest BCUT2D eigenvalue weighted by atomic mass is 9.94. The summed E-state index contributed by atoms with van der Waals surface area (Å²) < 4.78 is 39.4. The van der Waals surface area contributed by atoms with Gasteiger partial charge in [0.1, 0.15) is 0 Å². The molecule has 2 aromatic rings. The molecule has 2 rings (SSSR count). The number of amides is 1. The van der Waals surface area contributed by atoms with Crippen LogP contribution in [-0.2, 0) is 6.42 Å². The summed E-state index contributed by atoms with van der Waals surface area (Å²) >= 11 is 6.09. The standard InChI is InChI=1S/C17H15ClF3NO/c1-17(2,9-10-5-3-4-6-12(10)18)22-16(23)11-7-13(19)15(21)14(20)8-11/h3-8H,9H2,1-2H3,(H,22,23). The van der Waals surface area contributed by atoms with Crippen molar-refractivity contribution < 1.29 is 18.0 Å². The fraction of sp³-hybridized carbons (Fsp3) is 0.235. The average Bonchev–Trinajstić information content (AvgIpc) is 2.46. The molecule has 1 amide bonds. The highest BCUT2D eigenvalue weighted by atomic mass is 35.5. The van der Waals surface area contributed by atoms with Crippen molar-refractivity contribution in [3.63, 3.8) is 0 Å². The molecule has 0 aliphatic heterocycles. The van der Waals surface area contributed by atoms with Gasteiger partial charge in [-0.2, -0.15) is 0 Å². The third-order valence-electron chi connectivity index (χ3n) is 3.29. The van der Waals surface area contributed by atoms with Crippen molar-refractivity contribution in [3.05, 3.63) is 70.0 Å². The van der Waals surface area contributed by atoms with Gasteiger partial charge in [-0.25, -0.2) is 13.2 Å². The summed E-state index contributed by atoms with van der Waals surface area (Å²) in [5.74, 6) is -5.10. The topological polar surface area (TPSA) is 29.1 Å². The van der Waals surface area contributed by atoms with Gasteiger partial charge in [-0.15, -0.1) is 0 Å². The predicted molar refractivity (Wildman–Crippen MR) is 83.0 cm³/mol. The molecule has 0 aliphatic carbocycles. The highest BCUT2D eigenvalue weighted by molar-refractivity contribution is 6.31. The quantitative estimate of drug-likeness (QED) is 0.815. The van der Waals surface area contributed by atoms with Gasteiger partial charge in [0.15, 0.2) is 17.5 Å². The summed E-state index contributed by atoms with van der Waals surface area (Å²) in [7, 11) is 0. The third-order valence-corrected chi connectivity index (χ3v) is 3.66. The fourth-order valence-electron chi connectivity index (χ4n) is 2.23. The molecule has 0 heterocycles. The molecule has 0 bridgehead atoms. The van der Waals surface area contributed by atoms with E-state index in [0.717, 1.165) is 5.56 Å². The van der Waals surface area contributed by atoms with Crippen LogP contribution in [0.15, 0.2) is 36.4 Å². The molecule has 0 saturated heterocycles. The number of nitrogens with one attached hydrogen (secondary N) is 1. The van der Waals surface area contributed by atoms with Crippen LogP contribution in [-0.4, -0.2) is 11.4 Å². The van der Waals surface area contributed by atoms with E-state index in [1.54, 1.807) is 26.0 Å². The molecule has 2 nitrogen and oxygen atoms in total. The minimum absolute atomic E-state index is 0.284. The number of hydrogen-bond acceptors (Lipinski definition) is 1. The van der Waals surface area contributed by atoms with Gasteiger partial charge in [0.2, 0.25) is 0 Å². The van der Waals surface area contributed by atoms with Crippen molar-refractivity contribution in [2.45, 2.75) is 25.8 Å². The first kappa shape index (κ1) is 17.3. The third kappa shape index (κ3) is 4.26. The Hall–Kier alpha value is -2.01. The molecule has 0 aliphatic rings. The van der Waals surface area contributed by atoms with Crippen LogP contribution in [0.1, 0.15) is 29.8 Å². The molecule has 0 fully saturated rings. The Morgan fingerprint density at radius 2 is 1.70 bits per heavy atom. The van der Waals surface area contributed by atoms with Gasteiger partial charge < -0.3 is 5.32 Å². The maximum atomic E-state index is 13.2. The Kier molecular flexibility index (Phi) is 5.00. The van der Waals surface area contributed by atoms with Crippen molar-refractivity contribution >= 4 is 17.5 Å². The van der Waals surface area contributed by atoms with E-state index in [2.05, 4.69) is 5.32 Å². The SMILES string of the molecule is CC(C)(Cc1ccccc1Cl)NC(=O)c1cc(F)c(F)c(F)c1. The number of carbonyl (C=O) groups is 1. The molecule has 0 aromatic heterocycles. The van der Waals surface area contributed by atoms with Gasteiger partial charge in [-0.3, -0.25) is 4.79 Å². The van der Waals surface area contributed by atoms with Crippen LogP contribution in [0.4, 0.5) is 13.2 Å². The highest BCUT2D eigenvalue weighted by Gasteiger charge is 2.24. The molecule has 2 aromatic carbocycles. The van der Waals surface area contributed by atoms with E-state index in [0.29, 0.717) is 23.6 Å². The normalized spacial score (nSPS) is 11.4. The Morgan fingerprint density at radius 3 is 2.26 bits per heavy atom. The first-order valence-electron chi connectivity index (χ1n) is 6.90. The van der Waals surface area contributed by atoms with Gasteiger partial charge in [0.25, 0.3) is 5.91 Å². The van der Waals surface area contributed by atoms with Crippen LogP contribution in [0.2, 0.25) is 5.02 Å². The second-order valence-corrected chi connectivity index (χ2v) is 6.27. The zero-order valence-corrected chi connectivity index (χ0v) is 13.3. The second kappa shape index (κ2) is 6.62. The summed E-state index contributed by atoms with van der Waals surface area (Å²) in [6.07, 6.45) is 0.421. The van der Waals surface area contributed by atoms with Crippen LogP contribution in [0.25, 0.3) is 0 Å². The van der Waals surface area contributed by atoms with Gasteiger partial charge in [0.05, 0.1) is 0 Å². The molecule has 0 radical (unpaired) electrons. The summed E-state index contributed by atoms with van der Waals surface area (Å²) in [4.78, 5) is 12.2. The predicted octanol–water partition coefficient (Wildman–Crippen LogP) is 4.51. The Labute approximate surface area is 137 Å². The summed E-state index contributed by atoms with van der Waals surface area (Å²) in [5, 5.41) is 3.23. The van der Waals surface area contributed by atoms with Gasteiger partial charge in [-0.05, 0) is 44.0 Å². The smallest absolute Gasteiger partial charge is 0.251 e. The highest BCUT2D eigenvalue weighted by Crippen LogP contribution is 2.21. The van der Waals surface area contributed by atoms with E-state index in [9.17, 15) is 18.0 Å². The van der Waals surface area contributed by atoms with E-state index in [4.69, 9.17) is 11.6 Å². The van der Waals surface area contributed by atoms with E-state index in [1.165, 1.54) is 0 Å². The lowest BCUT2D eigenvalue weighted by molar-refractivity contribution is 0.0912. The molecular weight excluding hydrogens is 327 g/mol. The lowest BCUT2D eigenvalue weighted by Crippen LogP contribution is -2.45. The maximum absolute atomic E-state index is 13.2. The molecule has 1 N–H and O–H groups in total. The molecule has 6 heteroatoms. The average molecular weight is 342 g/mol. The van der Waals surface area contributed by atoms with E-state index in [1.807, 2.05) is 12.1 Å². The number of benzene rings is 2. The van der Waals surface area contributed by atoms with Gasteiger partial charge in [-0.1, -0.05) is 29.8 Å². The van der Waals surface area contributed by atoms with E-state index in [-0.39, 0.29) is 5.56 Å². The van der Waals surface area contributed by atoms with E-state index >= 15 is 0 Å². The number of hydrogen-bond donors (Lipinski definition) is 1. The zero-order valence-electron chi connectivity index (χ0n) is 12.6. The first-order chi connectivity index (χ1) is 10.7. The number of carbonyl (C=O) groups excluding carboxylic acids is 1. The van der Waals surface area contributed by atoms with E-state index < -0.39 is 28.9 Å². The Morgan fingerprint density at radius 1 is 1.13 bits per heavy atom. The number of halogens is 4. The van der Waals surface area contributed by atoms with Crippen molar-refractivity contribution in [3.8, 4) is 0 Å². The molecule has 0 spiro atoms. The number of rotatable bonds is 4. The minimum Gasteiger partial charge on any atom is -0.347 e. The fourth-order valence-corrected chi connectivity index (χ4v) is 2.43. The molecule has 23 heavy (non-hydrogen) atoms. The maximum Gasteiger partial charge on any atom is 0.251 e. The summed E-state index contributed by atoms with van der Waals surface area (Å²) in [5.41, 5.74) is -0.173. The first-order valence-corrected chi connectivity index (χ1v) is 7.28. The van der Waals surface area contributed by atoms with Crippen molar-refractivity contribution in [1.82, 2.24) is 5.32 Å².